The van der Waals surface area contributed by atoms with Gasteiger partial charge in [-0.3, -0.25) is 9.69 Å². The Morgan fingerprint density at radius 1 is 1.32 bits per heavy atom. The van der Waals surface area contributed by atoms with Gasteiger partial charge in [-0.15, -0.1) is 0 Å². The number of amides is 1. The van der Waals surface area contributed by atoms with E-state index in [0.717, 1.165) is 31.4 Å². The molecule has 8 heteroatoms. The van der Waals surface area contributed by atoms with Crippen molar-refractivity contribution >= 4 is 5.91 Å². The van der Waals surface area contributed by atoms with Crippen molar-refractivity contribution in [2.24, 2.45) is 0 Å². The molecule has 0 aromatic heterocycles. The zero-order valence-corrected chi connectivity index (χ0v) is 16.8. The van der Waals surface area contributed by atoms with E-state index in [-0.39, 0.29) is 36.4 Å². The second kappa shape index (κ2) is 7.73. The van der Waals surface area contributed by atoms with Crippen molar-refractivity contribution < 1.29 is 18.0 Å². The van der Waals surface area contributed by atoms with Crippen molar-refractivity contribution in [2.75, 3.05) is 20.6 Å². The summed E-state index contributed by atoms with van der Waals surface area (Å²) < 4.78 is 42.9. The maximum absolute atomic E-state index is 13.8. The number of likely N-dealkylation sites (tertiary alicyclic amines) is 1. The Hall–Kier alpha value is -2.09. The molecule has 3 heterocycles. The van der Waals surface area contributed by atoms with Crippen LogP contribution in [0.1, 0.15) is 43.0 Å². The number of fused-ring (bicyclic) bond motifs is 1. The smallest absolute Gasteiger partial charge is 0.347 e. The normalized spacial score (nSPS) is 18.6. The predicted molar refractivity (Wildman–Crippen MR) is 101 cm³/mol. The minimum Gasteiger partial charge on any atom is -0.347 e. The molecule has 1 unspecified atom stereocenters. The summed E-state index contributed by atoms with van der Waals surface area (Å²) in [5.74, 6) is 0.0208. The van der Waals surface area contributed by atoms with E-state index in [1.54, 1.807) is 26.4 Å². The number of likely N-dealkylation sites (N-methyl/N-ethyl adjacent to an activating group) is 1. The molecule has 3 aliphatic rings. The van der Waals surface area contributed by atoms with Crippen LogP contribution in [-0.2, 0) is 24.1 Å². The van der Waals surface area contributed by atoms with Crippen LogP contribution in [0.25, 0.3) is 11.4 Å². The number of aryl methyl sites for hydroxylation is 1. The molecule has 1 saturated heterocycles. The number of hydrogen-bond donors (Lipinski definition) is 0. The number of nitrogens with zero attached hydrogens (tertiary/aromatic N) is 4. The number of halogens is 3. The summed E-state index contributed by atoms with van der Waals surface area (Å²) in [7, 11) is 3.25. The maximum Gasteiger partial charge on any atom is 0.433 e. The molecule has 28 heavy (non-hydrogen) atoms. The second-order valence-electron chi connectivity index (χ2n) is 7.92. The van der Waals surface area contributed by atoms with E-state index in [1.807, 2.05) is 6.92 Å². The van der Waals surface area contributed by atoms with Crippen LogP contribution in [0, 0.1) is 6.92 Å². The van der Waals surface area contributed by atoms with Gasteiger partial charge in [-0.25, -0.2) is 4.98 Å². The highest BCUT2D eigenvalue weighted by atomic mass is 19.4. The van der Waals surface area contributed by atoms with E-state index < -0.39 is 11.9 Å². The summed E-state index contributed by atoms with van der Waals surface area (Å²) in [5.41, 5.74) is 0.660. The molecule has 1 fully saturated rings. The Labute approximate surface area is 163 Å². The molecule has 154 valence electrons. The van der Waals surface area contributed by atoms with E-state index in [0.29, 0.717) is 5.56 Å². The molecule has 1 amide bonds. The third-order valence-corrected chi connectivity index (χ3v) is 5.45. The fraction of sp³-hybridized carbons (Fsp3) is 0.600. The van der Waals surface area contributed by atoms with Gasteiger partial charge in [0.1, 0.15) is 12.4 Å². The lowest BCUT2D eigenvalue weighted by Gasteiger charge is -2.33. The van der Waals surface area contributed by atoms with Crippen LogP contribution in [0.2, 0.25) is 0 Å². The predicted octanol–water partition coefficient (Wildman–Crippen LogP) is 3.78. The van der Waals surface area contributed by atoms with Crippen LogP contribution < -0.4 is 0 Å². The van der Waals surface area contributed by atoms with Gasteiger partial charge in [-0.2, -0.15) is 13.2 Å². The van der Waals surface area contributed by atoms with Gasteiger partial charge in [-0.1, -0.05) is 6.42 Å². The maximum atomic E-state index is 13.8. The molecule has 0 N–H and O–H groups in total. The minimum absolute atomic E-state index is 0.0426. The number of hydrogen-bond acceptors (Lipinski definition) is 3. The average Bonchev–Trinajstić information content (AvgIpc) is 2.95. The van der Waals surface area contributed by atoms with Crippen molar-refractivity contribution in [2.45, 2.75) is 58.4 Å². The monoisotopic (exact) mass is 396 g/mol. The molecule has 0 aromatic carbocycles. The Morgan fingerprint density at radius 3 is 2.64 bits per heavy atom. The molecular formula is C20H27F3N4O. The van der Waals surface area contributed by atoms with Crippen molar-refractivity contribution in [3.05, 3.63) is 29.1 Å². The first-order valence-corrected chi connectivity index (χ1v) is 9.58. The number of rotatable bonds is 4. The van der Waals surface area contributed by atoms with Crippen LogP contribution in [0.3, 0.4) is 0 Å². The van der Waals surface area contributed by atoms with Gasteiger partial charge in [0.05, 0.1) is 0 Å². The summed E-state index contributed by atoms with van der Waals surface area (Å²) in [5, 5.41) is 0. The van der Waals surface area contributed by atoms with Crippen molar-refractivity contribution in [1.29, 1.82) is 0 Å². The minimum atomic E-state index is -4.54. The first-order valence-electron chi connectivity index (χ1n) is 9.58. The van der Waals surface area contributed by atoms with Crippen molar-refractivity contribution in [3.8, 4) is 11.4 Å². The van der Waals surface area contributed by atoms with E-state index in [9.17, 15) is 18.0 Å². The highest BCUT2D eigenvalue weighted by Gasteiger charge is 2.40. The lowest BCUT2D eigenvalue weighted by Crippen LogP contribution is -2.37. The molecule has 0 aromatic rings. The number of alkyl halides is 3. The third kappa shape index (κ3) is 4.16. The lowest BCUT2D eigenvalue weighted by molar-refractivity contribution is -0.141. The van der Waals surface area contributed by atoms with Crippen molar-refractivity contribution in [1.82, 2.24) is 19.4 Å². The quantitative estimate of drug-likeness (QED) is 0.790. The fourth-order valence-corrected chi connectivity index (χ4v) is 3.84. The molecule has 0 saturated carbocycles. The fourth-order valence-electron chi connectivity index (χ4n) is 3.84. The van der Waals surface area contributed by atoms with Gasteiger partial charge in [0.25, 0.3) is 0 Å². The van der Waals surface area contributed by atoms with Gasteiger partial charge in [0.2, 0.25) is 5.91 Å². The van der Waals surface area contributed by atoms with Crippen LogP contribution in [0.5, 0.6) is 0 Å². The van der Waals surface area contributed by atoms with Crippen molar-refractivity contribution in [3.63, 3.8) is 0 Å². The summed E-state index contributed by atoms with van der Waals surface area (Å²) >= 11 is 0. The van der Waals surface area contributed by atoms with E-state index in [4.69, 9.17) is 0 Å². The second-order valence-corrected chi connectivity index (χ2v) is 7.92. The van der Waals surface area contributed by atoms with Crippen LogP contribution in [0.15, 0.2) is 12.3 Å². The topological polar surface area (TPSA) is 41.4 Å². The SMILES string of the molecule is Cc1cc2c(CN3CCCCC3C)c(C(F)(F)F)nc-2n(CC(=O)N(C)C)c1. The van der Waals surface area contributed by atoms with Gasteiger partial charge in [0.15, 0.2) is 5.69 Å². The third-order valence-electron chi connectivity index (χ3n) is 5.45. The number of piperidine rings is 1. The zero-order chi connectivity index (χ0) is 20.6. The first kappa shape index (κ1) is 20.6. The average molecular weight is 396 g/mol. The molecule has 0 bridgehead atoms. The Bertz CT molecular complexity index is 828. The molecule has 0 aliphatic carbocycles. The number of carbonyl (C=O) groups excluding carboxylic acids is 1. The van der Waals surface area contributed by atoms with Crippen LogP contribution >= 0.6 is 0 Å². The van der Waals surface area contributed by atoms with Gasteiger partial charge in [-0.05, 0) is 44.9 Å². The molecular weight excluding hydrogens is 369 g/mol. The molecule has 0 spiro atoms. The van der Waals surface area contributed by atoms with E-state index in [2.05, 4.69) is 16.8 Å². The number of aromatic nitrogens is 2. The van der Waals surface area contributed by atoms with E-state index >= 15 is 0 Å². The molecule has 3 aliphatic heterocycles. The highest BCUT2D eigenvalue weighted by Crippen LogP contribution is 2.40. The van der Waals surface area contributed by atoms with Gasteiger partial charge < -0.3 is 9.47 Å². The molecule has 0 radical (unpaired) electrons. The first-order chi connectivity index (χ1) is 13.1. The number of pyridine rings is 1. The molecule has 1 atom stereocenters. The summed E-state index contributed by atoms with van der Waals surface area (Å²) in [6.45, 7) is 4.85. The zero-order valence-electron chi connectivity index (χ0n) is 16.8. The Kier molecular flexibility index (Phi) is 5.70. The van der Waals surface area contributed by atoms with Gasteiger partial charge in [0, 0.05) is 44.0 Å². The highest BCUT2D eigenvalue weighted by molar-refractivity contribution is 5.77. The molecule has 5 nitrogen and oxygen atoms in total. The lowest BCUT2D eigenvalue weighted by atomic mass is 10.0. The van der Waals surface area contributed by atoms with Crippen LogP contribution in [0.4, 0.5) is 13.2 Å². The van der Waals surface area contributed by atoms with Gasteiger partial charge >= 0.3 is 6.18 Å². The standard InChI is InChI=1S/C20H27F3N4O/c1-13-9-15-16(11-26-8-6-5-7-14(26)2)18(20(21,22)23)24-19(15)27(10-13)12-17(28)25(3)4/h9-10,14H,5-8,11-12H2,1-4H3. The Balaban J connectivity index is 2.08. The summed E-state index contributed by atoms with van der Waals surface area (Å²) in [6, 6.07) is 1.99. The number of carbonyl (C=O) groups is 1. The van der Waals surface area contributed by atoms with Crippen LogP contribution in [-0.4, -0.2) is 51.9 Å². The largest absolute Gasteiger partial charge is 0.433 e. The summed E-state index contributed by atoms with van der Waals surface area (Å²) in [4.78, 5) is 19.7. The molecule has 3 rings (SSSR count). The Morgan fingerprint density at radius 2 is 2.04 bits per heavy atom. The van der Waals surface area contributed by atoms with E-state index in [1.165, 1.54) is 9.47 Å². The summed E-state index contributed by atoms with van der Waals surface area (Å²) in [6.07, 6.45) is 0.238.